The summed E-state index contributed by atoms with van der Waals surface area (Å²) in [6, 6.07) is 46.7. The molecule has 0 amide bonds. The van der Waals surface area contributed by atoms with Crippen molar-refractivity contribution in [2.75, 3.05) is 14.2 Å². The number of ether oxygens (including phenoxy) is 2. The monoisotopic (exact) mass is 912 g/mol. The third-order valence-electron chi connectivity index (χ3n) is 13.0. The average molecular weight is 913 g/mol. The third kappa shape index (κ3) is 5.22. The first kappa shape index (κ1) is 38.6. The second-order valence-corrected chi connectivity index (χ2v) is 22.6. The quantitative estimate of drug-likeness (QED) is 0.151. The van der Waals surface area contributed by atoms with Gasteiger partial charge in [-0.15, -0.1) is 68.0 Å². The summed E-state index contributed by atoms with van der Waals surface area (Å²) < 4.78 is 14.7. The van der Waals surface area contributed by atoms with Crippen LogP contribution in [0.5, 0.6) is 11.5 Å². The van der Waals surface area contributed by atoms with Crippen molar-refractivity contribution >= 4 is 77.4 Å². The van der Waals surface area contributed by atoms with Crippen molar-refractivity contribution in [1.29, 1.82) is 0 Å². The molecule has 2 aliphatic carbocycles. The van der Waals surface area contributed by atoms with E-state index in [1.807, 2.05) is 45.3 Å². The van der Waals surface area contributed by atoms with Gasteiger partial charge >= 0.3 is 0 Å². The maximum Gasteiger partial charge on any atom is 0.138 e. The largest absolute Gasteiger partial charge is 0.495 e. The second kappa shape index (κ2) is 14.2. The Morgan fingerprint density at radius 2 is 0.694 bits per heavy atom. The Balaban J connectivity index is 1.24. The zero-order chi connectivity index (χ0) is 42.1. The molecule has 0 aliphatic heterocycles. The van der Waals surface area contributed by atoms with Gasteiger partial charge in [-0.25, -0.2) is 0 Å². The highest BCUT2D eigenvalue weighted by Gasteiger charge is 2.55. The van der Waals surface area contributed by atoms with E-state index in [1.165, 1.54) is 115 Å². The molecule has 6 heterocycles. The van der Waals surface area contributed by atoms with E-state index in [0.717, 1.165) is 11.5 Å². The number of thiophene rings is 6. The standard InChI is InChI=1S/C54H40O2S6/c1-29-7-15-33(16-8-29)53(34-17-9-30(2)10-18-34)37-27-41(47-39(55-5)23-25-57-47)59-45(37)49-43(53)51-52(61-49)44-50(62-51)46-38(28-42(60-46)48-40(56-6)24-26-58-48)54(44,35-19-11-31(3)12-20-35)36-21-13-32(4)14-22-36/h7-28H,1-6H3. The minimum Gasteiger partial charge on any atom is -0.495 e. The molecule has 304 valence electrons. The van der Waals surface area contributed by atoms with E-state index in [2.05, 4.69) is 160 Å². The van der Waals surface area contributed by atoms with E-state index in [0.29, 0.717) is 0 Å². The number of fused-ring (bicyclic) bond motifs is 9. The number of aryl methyl sites for hydroxylation is 4. The number of benzene rings is 4. The Labute approximate surface area is 386 Å². The number of hydrogen-bond donors (Lipinski definition) is 0. The molecule has 0 saturated heterocycles. The van der Waals surface area contributed by atoms with E-state index in [1.54, 1.807) is 36.9 Å². The molecule has 12 rings (SSSR count). The van der Waals surface area contributed by atoms with Crippen molar-refractivity contribution in [1.82, 2.24) is 0 Å². The van der Waals surface area contributed by atoms with Crippen molar-refractivity contribution in [2.24, 2.45) is 0 Å². The molecule has 2 nitrogen and oxygen atoms in total. The van der Waals surface area contributed by atoms with Crippen molar-refractivity contribution in [2.45, 2.75) is 38.5 Å². The van der Waals surface area contributed by atoms with Crippen LogP contribution >= 0.6 is 68.0 Å². The first-order valence-corrected chi connectivity index (χ1v) is 25.7. The van der Waals surface area contributed by atoms with Gasteiger partial charge in [0.1, 0.15) is 11.5 Å². The fraction of sp³-hybridized carbons (Fsp3) is 0.148. The lowest BCUT2D eigenvalue weighted by Crippen LogP contribution is -2.28. The summed E-state index contributed by atoms with van der Waals surface area (Å²) in [5, 5.41) is 4.30. The van der Waals surface area contributed by atoms with Crippen LogP contribution in [0.15, 0.2) is 132 Å². The first-order chi connectivity index (χ1) is 30.2. The lowest BCUT2D eigenvalue weighted by molar-refractivity contribution is 0.418. The van der Waals surface area contributed by atoms with Crippen LogP contribution in [0.2, 0.25) is 0 Å². The Morgan fingerprint density at radius 1 is 0.371 bits per heavy atom. The maximum atomic E-state index is 5.95. The van der Waals surface area contributed by atoms with Gasteiger partial charge in [0.15, 0.2) is 0 Å². The van der Waals surface area contributed by atoms with Gasteiger partial charge in [0.05, 0.1) is 63.7 Å². The van der Waals surface area contributed by atoms with Gasteiger partial charge in [-0.2, -0.15) is 0 Å². The zero-order valence-electron chi connectivity index (χ0n) is 35.0. The Kier molecular flexibility index (Phi) is 8.86. The summed E-state index contributed by atoms with van der Waals surface area (Å²) in [7, 11) is 3.57. The molecule has 0 spiro atoms. The minimum absolute atomic E-state index is 0.535. The zero-order valence-corrected chi connectivity index (χ0v) is 39.9. The van der Waals surface area contributed by atoms with Gasteiger partial charge in [-0.05, 0) is 96.1 Å². The van der Waals surface area contributed by atoms with Crippen LogP contribution in [-0.2, 0) is 10.8 Å². The molecular weight excluding hydrogens is 873 g/mol. The van der Waals surface area contributed by atoms with E-state index in [-0.39, 0.29) is 0 Å². The molecule has 8 heteroatoms. The van der Waals surface area contributed by atoms with Crippen LogP contribution in [0.3, 0.4) is 0 Å². The molecule has 0 atom stereocenters. The number of hydrogen-bond acceptors (Lipinski definition) is 8. The fourth-order valence-electron chi connectivity index (χ4n) is 10.1. The van der Waals surface area contributed by atoms with E-state index in [9.17, 15) is 0 Å². The van der Waals surface area contributed by atoms with Crippen molar-refractivity contribution in [3.05, 3.63) is 199 Å². The Morgan fingerprint density at radius 3 is 1.00 bits per heavy atom. The van der Waals surface area contributed by atoms with Crippen LogP contribution in [0.1, 0.15) is 66.8 Å². The average Bonchev–Trinajstić information content (AvgIpc) is 4.15. The lowest BCUT2D eigenvalue weighted by Gasteiger charge is -2.34. The van der Waals surface area contributed by atoms with E-state index in [4.69, 9.17) is 9.47 Å². The molecule has 10 aromatic rings. The number of rotatable bonds is 8. The van der Waals surface area contributed by atoms with E-state index < -0.39 is 10.8 Å². The normalized spacial score (nSPS) is 14.2. The van der Waals surface area contributed by atoms with Crippen LogP contribution < -0.4 is 9.47 Å². The molecule has 0 unspecified atom stereocenters. The van der Waals surface area contributed by atoms with Gasteiger partial charge in [0.2, 0.25) is 0 Å². The summed E-state index contributed by atoms with van der Waals surface area (Å²) in [5.74, 6) is 1.87. The SMILES string of the molecule is COc1ccsc1-c1cc2c(s1)-c1sc3c4c(sc3c1C2(c1ccc(C)cc1)c1ccc(C)cc1)-c1sc(-c2sccc2OC)cc1C4(c1ccc(C)cc1)c1ccc(C)cc1. The van der Waals surface area contributed by atoms with Crippen LogP contribution in [0, 0.1) is 27.7 Å². The maximum absolute atomic E-state index is 5.95. The van der Waals surface area contributed by atoms with Crippen LogP contribution in [0.25, 0.3) is 48.4 Å². The molecule has 2 aliphatic rings. The van der Waals surface area contributed by atoms with Gasteiger partial charge in [-0.3, -0.25) is 0 Å². The Bertz CT molecular complexity index is 3030. The minimum atomic E-state index is -0.535. The summed E-state index contributed by atoms with van der Waals surface area (Å²) in [6.45, 7) is 8.78. The molecule has 0 fully saturated rings. The topological polar surface area (TPSA) is 18.5 Å². The van der Waals surface area contributed by atoms with Crippen LogP contribution in [-0.4, -0.2) is 14.2 Å². The molecule has 6 aromatic heterocycles. The molecule has 0 N–H and O–H groups in total. The first-order valence-electron chi connectivity index (χ1n) is 20.7. The van der Waals surface area contributed by atoms with Crippen molar-refractivity contribution in [3.63, 3.8) is 0 Å². The highest BCUT2D eigenvalue weighted by Crippen LogP contribution is 2.71. The second-order valence-electron chi connectivity index (χ2n) is 16.6. The summed E-state index contributed by atoms with van der Waals surface area (Å²) in [6.07, 6.45) is 0. The fourth-order valence-corrected chi connectivity index (χ4v) is 17.9. The molecule has 62 heavy (non-hydrogen) atoms. The van der Waals surface area contributed by atoms with Crippen LogP contribution in [0.4, 0.5) is 0 Å². The molecular formula is C54H40O2S6. The predicted octanol–water partition coefficient (Wildman–Crippen LogP) is 16.5. The predicted molar refractivity (Wildman–Crippen MR) is 269 cm³/mol. The molecule has 0 saturated carbocycles. The highest BCUT2D eigenvalue weighted by atomic mass is 32.1. The van der Waals surface area contributed by atoms with Gasteiger partial charge < -0.3 is 9.47 Å². The lowest BCUT2D eigenvalue weighted by atomic mass is 9.67. The third-order valence-corrected chi connectivity index (χ3v) is 20.3. The Hall–Kier alpha value is -5.06. The van der Waals surface area contributed by atoms with Crippen molar-refractivity contribution in [3.8, 4) is 50.5 Å². The summed E-state index contributed by atoms with van der Waals surface area (Å²) in [4.78, 5) is 10.4. The molecule has 0 bridgehead atoms. The van der Waals surface area contributed by atoms with Gasteiger partial charge in [-0.1, -0.05) is 119 Å². The summed E-state index contributed by atoms with van der Waals surface area (Å²) in [5.41, 5.74) is 14.8. The number of methoxy groups -OCH3 is 2. The summed E-state index contributed by atoms with van der Waals surface area (Å²) >= 11 is 11.4. The smallest absolute Gasteiger partial charge is 0.138 e. The molecule has 4 aromatic carbocycles. The molecule has 0 radical (unpaired) electrons. The van der Waals surface area contributed by atoms with Crippen molar-refractivity contribution < 1.29 is 9.47 Å². The van der Waals surface area contributed by atoms with Gasteiger partial charge in [0.25, 0.3) is 0 Å². The highest BCUT2D eigenvalue weighted by molar-refractivity contribution is 7.35. The van der Waals surface area contributed by atoms with Gasteiger partial charge in [0, 0.05) is 20.9 Å². The van der Waals surface area contributed by atoms with E-state index >= 15 is 0 Å².